The first kappa shape index (κ1) is 23.0. The first-order valence-electron chi connectivity index (χ1n) is 9.86. The van der Waals surface area contributed by atoms with Crippen molar-refractivity contribution >= 4 is 28.4 Å². The lowest BCUT2D eigenvalue weighted by molar-refractivity contribution is 0.0541. The number of methoxy groups -OCH3 is 3. The number of carbonyl (C=O) groups is 1. The second-order valence-corrected chi connectivity index (χ2v) is 6.56. The second-order valence-electron chi connectivity index (χ2n) is 6.56. The number of nitrogens with two attached hydrogens (primary N) is 1. The van der Waals surface area contributed by atoms with Gasteiger partial charge in [-0.05, 0) is 12.1 Å². The van der Waals surface area contributed by atoms with Crippen LogP contribution in [0.4, 0.5) is 11.5 Å². The maximum Gasteiger partial charge on any atom is 0.271 e. The van der Waals surface area contributed by atoms with Crippen molar-refractivity contribution in [3.63, 3.8) is 0 Å². The topological polar surface area (TPSA) is 127 Å². The SMILES string of the molecule is COCCOCCOc1c(Nc2nc3ccccc3nc2C(N)=O)cc(OC)cc1OC. The zero-order valence-corrected chi connectivity index (χ0v) is 18.2. The fourth-order valence-corrected chi connectivity index (χ4v) is 2.92. The minimum Gasteiger partial charge on any atom is -0.497 e. The van der Waals surface area contributed by atoms with Gasteiger partial charge in [0, 0.05) is 19.2 Å². The molecule has 0 aliphatic rings. The Labute approximate surface area is 185 Å². The van der Waals surface area contributed by atoms with Crippen molar-refractivity contribution in [3.05, 3.63) is 42.1 Å². The molecule has 0 radical (unpaired) electrons. The number of anilines is 2. The molecule has 32 heavy (non-hydrogen) atoms. The van der Waals surface area contributed by atoms with Crippen LogP contribution in [0.3, 0.4) is 0 Å². The molecule has 0 saturated carbocycles. The molecule has 10 heteroatoms. The van der Waals surface area contributed by atoms with Crippen LogP contribution in [0.15, 0.2) is 36.4 Å². The average Bonchev–Trinajstić information content (AvgIpc) is 2.81. The number of primary amides is 1. The monoisotopic (exact) mass is 442 g/mol. The summed E-state index contributed by atoms with van der Waals surface area (Å²) in [6.45, 7) is 1.56. The standard InChI is InChI=1S/C22H26N4O6/c1-28-8-9-31-10-11-32-20-17(12-14(29-2)13-18(20)30-3)26-22-19(21(23)27)24-15-6-4-5-7-16(15)25-22/h4-7,12-13H,8-11H2,1-3H3,(H2,23,27)(H,25,26). The number of para-hydroxylation sites is 2. The Hall–Kier alpha value is -3.63. The van der Waals surface area contributed by atoms with Crippen molar-refractivity contribution in [1.82, 2.24) is 9.97 Å². The fourth-order valence-electron chi connectivity index (χ4n) is 2.92. The van der Waals surface area contributed by atoms with Gasteiger partial charge in [-0.3, -0.25) is 4.79 Å². The molecule has 170 valence electrons. The summed E-state index contributed by atoms with van der Waals surface area (Å²) >= 11 is 0. The summed E-state index contributed by atoms with van der Waals surface area (Å²) in [4.78, 5) is 20.9. The maximum atomic E-state index is 12.1. The molecule has 0 spiro atoms. The van der Waals surface area contributed by atoms with Gasteiger partial charge in [0.1, 0.15) is 12.4 Å². The molecule has 1 amide bonds. The molecular weight excluding hydrogens is 416 g/mol. The van der Waals surface area contributed by atoms with Crippen molar-refractivity contribution in [1.29, 1.82) is 0 Å². The smallest absolute Gasteiger partial charge is 0.271 e. The number of nitrogens with zero attached hydrogens (tertiary/aromatic N) is 2. The van der Waals surface area contributed by atoms with Crippen molar-refractivity contribution in [2.24, 2.45) is 5.73 Å². The molecule has 2 aromatic carbocycles. The summed E-state index contributed by atoms with van der Waals surface area (Å²) in [7, 11) is 4.66. The van der Waals surface area contributed by atoms with Gasteiger partial charge in [0.2, 0.25) is 0 Å². The van der Waals surface area contributed by atoms with Gasteiger partial charge in [-0.25, -0.2) is 9.97 Å². The van der Waals surface area contributed by atoms with Crippen LogP contribution in [0.1, 0.15) is 10.5 Å². The molecule has 3 N–H and O–H groups in total. The van der Waals surface area contributed by atoms with E-state index < -0.39 is 5.91 Å². The highest BCUT2D eigenvalue weighted by molar-refractivity contribution is 5.98. The van der Waals surface area contributed by atoms with E-state index >= 15 is 0 Å². The number of nitrogens with one attached hydrogen (secondary N) is 1. The Morgan fingerprint density at radius 2 is 1.69 bits per heavy atom. The molecule has 1 aromatic heterocycles. The van der Waals surface area contributed by atoms with Gasteiger partial charge in [0.15, 0.2) is 23.0 Å². The van der Waals surface area contributed by atoms with Crippen molar-refractivity contribution in [2.75, 3.05) is 53.1 Å². The Kier molecular flexibility index (Phi) is 8.01. The van der Waals surface area contributed by atoms with Crippen molar-refractivity contribution in [2.45, 2.75) is 0 Å². The average molecular weight is 442 g/mol. The predicted octanol–water partition coefficient (Wildman–Crippen LogP) is 2.53. The van der Waals surface area contributed by atoms with Crippen LogP contribution in [0.2, 0.25) is 0 Å². The summed E-state index contributed by atoms with van der Waals surface area (Å²) in [5.41, 5.74) is 7.18. The molecule has 0 unspecified atom stereocenters. The number of carbonyl (C=O) groups excluding carboxylic acids is 1. The van der Waals surface area contributed by atoms with Gasteiger partial charge in [0.25, 0.3) is 5.91 Å². The third kappa shape index (κ3) is 5.54. The lowest BCUT2D eigenvalue weighted by atomic mass is 10.2. The van der Waals surface area contributed by atoms with Crippen molar-refractivity contribution in [3.8, 4) is 17.2 Å². The van der Waals surface area contributed by atoms with E-state index in [2.05, 4.69) is 15.3 Å². The number of ether oxygens (including phenoxy) is 5. The van der Waals surface area contributed by atoms with Gasteiger partial charge in [-0.2, -0.15) is 0 Å². The molecular formula is C22H26N4O6. The lowest BCUT2D eigenvalue weighted by Crippen LogP contribution is -2.17. The molecule has 0 saturated heterocycles. The predicted molar refractivity (Wildman–Crippen MR) is 119 cm³/mol. The maximum absolute atomic E-state index is 12.1. The minimum absolute atomic E-state index is 0.000615. The lowest BCUT2D eigenvalue weighted by Gasteiger charge is -2.18. The summed E-state index contributed by atoms with van der Waals surface area (Å²) in [6, 6.07) is 10.6. The van der Waals surface area contributed by atoms with Gasteiger partial charge in [-0.1, -0.05) is 12.1 Å². The van der Waals surface area contributed by atoms with Gasteiger partial charge >= 0.3 is 0 Å². The molecule has 0 atom stereocenters. The molecule has 1 heterocycles. The largest absolute Gasteiger partial charge is 0.497 e. The van der Waals surface area contributed by atoms with E-state index in [0.29, 0.717) is 53.8 Å². The molecule has 0 aliphatic carbocycles. The van der Waals surface area contributed by atoms with Crippen LogP contribution in [0, 0.1) is 0 Å². The Morgan fingerprint density at radius 1 is 0.969 bits per heavy atom. The molecule has 0 fully saturated rings. The molecule has 10 nitrogen and oxygen atoms in total. The number of amides is 1. The molecule has 3 aromatic rings. The van der Waals surface area contributed by atoms with E-state index in [9.17, 15) is 4.79 Å². The van der Waals surface area contributed by atoms with E-state index in [-0.39, 0.29) is 18.1 Å². The van der Waals surface area contributed by atoms with Gasteiger partial charge in [-0.15, -0.1) is 0 Å². The van der Waals surface area contributed by atoms with Crippen LogP contribution >= 0.6 is 0 Å². The Morgan fingerprint density at radius 3 is 2.34 bits per heavy atom. The minimum atomic E-state index is -0.713. The van der Waals surface area contributed by atoms with E-state index in [0.717, 1.165) is 0 Å². The van der Waals surface area contributed by atoms with Crippen LogP contribution < -0.4 is 25.3 Å². The zero-order valence-electron chi connectivity index (χ0n) is 18.2. The summed E-state index contributed by atoms with van der Waals surface area (Å²) in [6.07, 6.45) is 0. The van der Waals surface area contributed by atoms with Gasteiger partial charge in [0.05, 0.1) is 50.8 Å². The highest BCUT2D eigenvalue weighted by Gasteiger charge is 2.19. The molecule has 0 aliphatic heterocycles. The highest BCUT2D eigenvalue weighted by Crippen LogP contribution is 2.41. The van der Waals surface area contributed by atoms with Crippen LogP contribution in [-0.2, 0) is 9.47 Å². The van der Waals surface area contributed by atoms with E-state index in [1.807, 2.05) is 12.1 Å². The third-order valence-electron chi connectivity index (χ3n) is 4.45. The first-order chi connectivity index (χ1) is 15.6. The van der Waals surface area contributed by atoms with Crippen molar-refractivity contribution < 1.29 is 28.5 Å². The van der Waals surface area contributed by atoms with E-state index in [1.165, 1.54) is 14.2 Å². The quantitative estimate of drug-likeness (QED) is 0.407. The van der Waals surface area contributed by atoms with Crippen LogP contribution in [0.25, 0.3) is 11.0 Å². The fraction of sp³-hybridized carbons (Fsp3) is 0.318. The number of aromatic nitrogens is 2. The second kappa shape index (κ2) is 11.1. The zero-order chi connectivity index (χ0) is 22.9. The van der Waals surface area contributed by atoms with Crippen LogP contribution in [-0.4, -0.2) is 63.6 Å². The first-order valence-corrected chi connectivity index (χ1v) is 9.86. The Balaban J connectivity index is 1.95. The third-order valence-corrected chi connectivity index (χ3v) is 4.45. The number of rotatable bonds is 12. The molecule has 3 rings (SSSR count). The van der Waals surface area contributed by atoms with E-state index in [4.69, 9.17) is 29.4 Å². The number of hydrogen-bond donors (Lipinski definition) is 2. The normalized spacial score (nSPS) is 10.7. The summed E-state index contributed by atoms with van der Waals surface area (Å²) in [5, 5.41) is 3.11. The number of hydrogen-bond acceptors (Lipinski definition) is 9. The number of fused-ring (bicyclic) bond motifs is 1. The highest BCUT2D eigenvalue weighted by atomic mass is 16.5. The Bertz CT molecular complexity index is 1080. The summed E-state index contributed by atoms with van der Waals surface area (Å²) in [5.74, 6) is 0.817. The van der Waals surface area contributed by atoms with Crippen LogP contribution in [0.5, 0.6) is 17.2 Å². The molecule has 0 bridgehead atoms. The van der Waals surface area contributed by atoms with E-state index in [1.54, 1.807) is 31.4 Å². The summed E-state index contributed by atoms with van der Waals surface area (Å²) < 4.78 is 27.2. The number of benzene rings is 2. The van der Waals surface area contributed by atoms with Gasteiger partial charge < -0.3 is 34.7 Å².